The van der Waals surface area contributed by atoms with E-state index >= 15 is 0 Å². The Hall–Kier alpha value is -2.62. The summed E-state index contributed by atoms with van der Waals surface area (Å²) in [6.45, 7) is 6.43. The standard InChI is InChI=1S/C20H24N2O2/c1-20(2,3)17-12-10-16(11-13-17)14-21-24-15-19(23)22(4)18-8-6-5-7-9-18/h5-14H,15H2,1-4H3/b21-14+. The van der Waals surface area contributed by atoms with Crippen LogP contribution in [-0.4, -0.2) is 25.8 Å². The highest BCUT2D eigenvalue weighted by Gasteiger charge is 2.12. The van der Waals surface area contributed by atoms with Crippen LogP contribution in [-0.2, 0) is 15.0 Å². The smallest absolute Gasteiger partial charge is 0.267 e. The molecule has 0 aliphatic heterocycles. The van der Waals surface area contributed by atoms with Crippen LogP contribution in [0.25, 0.3) is 0 Å². The van der Waals surface area contributed by atoms with E-state index in [1.54, 1.807) is 18.2 Å². The lowest BCUT2D eigenvalue weighted by molar-refractivity contribution is -0.122. The lowest BCUT2D eigenvalue weighted by Crippen LogP contribution is -2.29. The number of para-hydroxylation sites is 1. The first-order valence-corrected chi connectivity index (χ1v) is 7.95. The number of oxime groups is 1. The minimum Gasteiger partial charge on any atom is -0.386 e. The summed E-state index contributed by atoms with van der Waals surface area (Å²) in [4.78, 5) is 18.7. The summed E-state index contributed by atoms with van der Waals surface area (Å²) in [5.41, 5.74) is 3.15. The van der Waals surface area contributed by atoms with Crippen molar-refractivity contribution in [2.75, 3.05) is 18.6 Å². The van der Waals surface area contributed by atoms with Crippen LogP contribution in [0.5, 0.6) is 0 Å². The molecular weight excluding hydrogens is 300 g/mol. The number of nitrogens with zero attached hydrogens (tertiary/aromatic N) is 2. The summed E-state index contributed by atoms with van der Waals surface area (Å²) >= 11 is 0. The maximum absolute atomic E-state index is 12.0. The van der Waals surface area contributed by atoms with Crippen LogP contribution in [0.2, 0.25) is 0 Å². The van der Waals surface area contributed by atoms with Crippen molar-refractivity contribution in [2.24, 2.45) is 5.16 Å². The molecule has 0 aliphatic rings. The van der Waals surface area contributed by atoms with Gasteiger partial charge in [0.15, 0.2) is 6.61 Å². The van der Waals surface area contributed by atoms with Crippen molar-refractivity contribution in [3.8, 4) is 0 Å². The van der Waals surface area contributed by atoms with E-state index in [4.69, 9.17) is 4.84 Å². The van der Waals surface area contributed by atoms with Crippen molar-refractivity contribution in [3.63, 3.8) is 0 Å². The number of amides is 1. The zero-order chi connectivity index (χ0) is 17.6. The number of hydrogen-bond acceptors (Lipinski definition) is 3. The number of hydrogen-bond donors (Lipinski definition) is 0. The lowest BCUT2D eigenvalue weighted by atomic mass is 9.87. The molecule has 0 unspecified atom stereocenters. The largest absolute Gasteiger partial charge is 0.386 e. The fraction of sp³-hybridized carbons (Fsp3) is 0.300. The lowest BCUT2D eigenvalue weighted by Gasteiger charge is -2.18. The Morgan fingerprint density at radius 2 is 1.71 bits per heavy atom. The van der Waals surface area contributed by atoms with Crippen LogP contribution >= 0.6 is 0 Å². The van der Waals surface area contributed by atoms with Gasteiger partial charge in [-0.25, -0.2) is 0 Å². The van der Waals surface area contributed by atoms with E-state index in [-0.39, 0.29) is 17.9 Å². The first-order chi connectivity index (χ1) is 11.4. The summed E-state index contributed by atoms with van der Waals surface area (Å²) in [5, 5.41) is 3.88. The van der Waals surface area contributed by atoms with E-state index in [0.717, 1.165) is 11.3 Å². The normalized spacial score (nSPS) is 11.5. The van der Waals surface area contributed by atoms with Gasteiger partial charge in [-0.3, -0.25) is 4.79 Å². The van der Waals surface area contributed by atoms with Gasteiger partial charge in [-0.05, 0) is 28.7 Å². The van der Waals surface area contributed by atoms with Gasteiger partial charge in [0, 0.05) is 12.7 Å². The van der Waals surface area contributed by atoms with Crippen LogP contribution in [0, 0.1) is 0 Å². The Kier molecular flexibility index (Phi) is 5.74. The van der Waals surface area contributed by atoms with Gasteiger partial charge in [0.05, 0.1) is 6.21 Å². The van der Waals surface area contributed by atoms with Crippen molar-refractivity contribution in [3.05, 3.63) is 65.7 Å². The van der Waals surface area contributed by atoms with Crippen LogP contribution in [0.3, 0.4) is 0 Å². The Labute approximate surface area is 143 Å². The average Bonchev–Trinajstić information content (AvgIpc) is 2.58. The van der Waals surface area contributed by atoms with Crippen molar-refractivity contribution in [1.29, 1.82) is 0 Å². The highest BCUT2D eigenvalue weighted by atomic mass is 16.6. The molecule has 2 rings (SSSR count). The number of anilines is 1. The summed E-state index contributed by atoms with van der Waals surface area (Å²) in [7, 11) is 1.72. The molecule has 0 aliphatic carbocycles. The van der Waals surface area contributed by atoms with Gasteiger partial charge < -0.3 is 9.74 Å². The Morgan fingerprint density at radius 3 is 2.29 bits per heavy atom. The molecule has 0 bridgehead atoms. The van der Waals surface area contributed by atoms with E-state index in [9.17, 15) is 4.79 Å². The predicted molar refractivity (Wildman–Crippen MR) is 98.5 cm³/mol. The third-order valence-electron chi connectivity index (χ3n) is 3.76. The molecule has 0 atom stereocenters. The minimum atomic E-state index is -0.151. The van der Waals surface area contributed by atoms with Gasteiger partial charge in [0.25, 0.3) is 5.91 Å². The quantitative estimate of drug-likeness (QED) is 0.616. The second kappa shape index (κ2) is 7.77. The first kappa shape index (κ1) is 17.7. The third-order valence-corrected chi connectivity index (χ3v) is 3.76. The van der Waals surface area contributed by atoms with Gasteiger partial charge in [0.1, 0.15) is 0 Å². The summed E-state index contributed by atoms with van der Waals surface area (Å²) in [6, 6.07) is 17.6. The van der Waals surface area contributed by atoms with Gasteiger partial charge in [-0.2, -0.15) is 0 Å². The Bertz CT molecular complexity index is 686. The molecule has 0 saturated carbocycles. The van der Waals surface area contributed by atoms with Crippen LogP contribution < -0.4 is 4.90 Å². The molecule has 0 radical (unpaired) electrons. The van der Waals surface area contributed by atoms with E-state index < -0.39 is 0 Å². The molecule has 0 spiro atoms. The topological polar surface area (TPSA) is 41.9 Å². The molecule has 0 heterocycles. The highest BCUT2D eigenvalue weighted by molar-refractivity contribution is 5.93. The Balaban J connectivity index is 1.85. The molecule has 4 nitrogen and oxygen atoms in total. The number of carbonyl (C=O) groups excluding carboxylic acids is 1. The predicted octanol–water partition coefficient (Wildman–Crippen LogP) is 4.00. The summed E-state index contributed by atoms with van der Waals surface area (Å²) in [6.07, 6.45) is 1.61. The molecule has 0 saturated heterocycles. The zero-order valence-electron chi connectivity index (χ0n) is 14.7. The molecule has 24 heavy (non-hydrogen) atoms. The van der Waals surface area contributed by atoms with Gasteiger partial charge in [0.2, 0.25) is 0 Å². The maximum atomic E-state index is 12.0. The average molecular weight is 324 g/mol. The van der Waals surface area contributed by atoms with Gasteiger partial charge >= 0.3 is 0 Å². The number of benzene rings is 2. The number of carbonyl (C=O) groups is 1. The van der Waals surface area contributed by atoms with Crippen LogP contribution in [0.4, 0.5) is 5.69 Å². The van der Waals surface area contributed by atoms with Crippen LogP contribution in [0.15, 0.2) is 59.8 Å². The second-order valence-electron chi connectivity index (χ2n) is 6.67. The monoisotopic (exact) mass is 324 g/mol. The van der Waals surface area contributed by atoms with E-state index in [1.165, 1.54) is 5.56 Å². The van der Waals surface area contributed by atoms with Crippen molar-refractivity contribution in [2.45, 2.75) is 26.2 Å². The Morgan fingerprint density at radius 1 is 1.08 bits per heavy atom. The summed E-state index contributed by atoms with van der Waals surface area (Å²) < 4.78 is 0. The molecule has 0 N–H and O–H groups in total. The number of rotatable bonds is 5. The fourth-order valence-electron chi connectivity index (χ4n) is 2.15. The summed E-state index contributed by atoms with van der Waals surface area (Å²) in [5.74, 6) is -0.151. The molecule has 0 aromatic heterocycles. The first-order valence-electron chi connectivity index (χ1n) is 7.95. The fourth-order valence-corrected chi connectivity index (χ4v) is 2.15. The van der Waals surface area contributed by atoms with Crippen molar-refractivity contribution in [1.82, 2.24) is 0 Å². The molecule has 0 fully saturated rings. The maximum Gasteiger partial charge on any atom is 0.267 e. The molecule has 4 heteroatoms. The SMILES string of the molecule is CN(C(=O)CO/N=C/c1ccc(C(C)(C)C)cc1)c1ccccc1. The van der Waals surface area contributed by atoms with Crippen LogP contribution in [0.1, 0.15) is 31.9 Å². The van der Waals surface area contributed by atoms with E-state index in [1.807, 2.05) is 42.5 Å². The number of likely N-dealkylation sites (N-methyl/N-ethyl adjacent to an activating group) is 1. The molecular formula is C20H24N2O2. The molecule has 1 amide bonds. The van der Waals surface area contributed by atoms with Crippen molar-refractivity contribution >= 4 is 17.8 Å². The molecule has 126 valence electrons. The van der Waals surface area contributed by atoms with E-state index in [2.05, 4.69) is 38.1 Å². The van der Waals surface area contributed by atoms with E-state index in [0.29, 0.717) is 0 Å². The third kappa shape index (κ3) is 4.95. The van der Waals surface area contributed by atoms with Gasteiger partial charge in [-0.15, -0.1) is 0 Å². The van der Waals surface area contributed by atoms with Gasteiger partial charge in [-0.1, -0.05) is 68.4 Å². The second-order valence-corrected chi connectivity index (χ2v) is 6.67. The minimum absolute atomic E-state index is 0.0953. The van der Waals surface area contributed by atoms with Crippen molar-refractivity contribution < 1.29 is 9.63 Å². The molecule has 2 aromatic rings. The highest BCUT2D eigenvalue weighted by Crippen LogP contribution is 2.21. The zero-order valence-corrected chi connectivity index (χ0v) is 14.7. The molecule has 2 aromatic carbocycles.